The summed E-state index contributed by atoms with van der Waals surface area (Å²) in [7, 11) is 1.80. The molecule has 1 amide bonds. The van der Waals surface area contributed by atoms with E-state index in [-0.39, 0.29) is 11.8 Å². The largest absolute Gasteiger partial charge is 0.481 e. The van der Waals surface area contributed by atoms with Gasteiger partial charge in [0, 0.05) is 25.8 Å². The van der Waals surface area contributed by atoms with E-state index in [1.807, 2.05) is 6.92 Å². The third-order valence-electron chi connectivity index (χ3n) is 4.75. The second-order valence-corrected chi connectivity index (χ2v) is 6.38. The van der Waals surface area contributed by atoms with Crippen molar-refractivity contribution in [3.05, 3.63) is 17.5 Å². The summed E-state index contributed by atoms with van der Waals surface area (Å²) >= 11 is 0. The summed E-state index contributed by atoms with van der Waals surface area (Å²) in [6.07, 6.45) is 3.27. The van der Waals surface area contributed by atoms with Gasteiger partial charge in [-0.1, -0.05) is 0 Å². The maximum atomic E-state index is 12.6. The van der Waals surface area contributed by atoms with Crippen LogP contribution in [0.2, 0.25) is 0 Å². The molecule has 116 valence electrons. The van der Waals surface area contributed by atoms with Crippen LogP contribution in [0.1, 0.15) is 42.7 Å². The number of rotatable bonds is 3. The van der Waals surface area contributed by atoms with Gasteiger partial charge in [-0.05, 0) is 39.5 Å². The predicted molar refractivity (Wildman–Crippen MR) is 78.0 cm³/mol. The van der Waals surface area contributed by atoms with E-state index >= 15 is 0 Å². The lowest BCUT2D eigenvalue weighted by atomic mass is 9.74. The smallest absolute Gasteiger partial charge is 0.309 e. The van der Waals surface area contributed by atoms with Crippen LogP contribution in [0.25, 0.3) is 0 Å². The Morgan fingerprint density at radius 1 is 1.43 bits per heavy atom. The minimum atomic E-state index is -0.817. The van der Waals surface area contributed by atoms with Crippen LogP contribution in [0, 0.1) is 18.3 Å². The molecule has 1 aromatic rings. The van der Waals surface area contributed by atoms with Gasteiger partial charge in [0.05, 0.1) is 17.2 Å². The van der Waals surface area contributed by atoms with E-state index in [2.05, 4.69) is 5.10 Å². The minimum absolute atomic E-state index is 0.0234. The first-order valence-electron chi connectivity index (χ1n) is 7.26. The molecule has 0 aromatic carbocycles. The van der Waals surface area contributed by atoms with Gasteiger partial charge in [-0.3, -0.25) is 14.3 Å². The lowest BCUT2D eigenvalue weighted by molar-refractivity contribution is -0.151. The first kappa shape index (κ1) is 15.5. The normalized spacial score (nSPS) is 19.6. The number of nitrogens with zero attached hydrogens (tertiary/aromatic N) is 3. The van der Waals surface area contributed by atoms with E-state index < -0.39 is 11.4 Å². The highest BCUT2D eigenvalue weighted by Gasteiger charge is 2.40. The molecule has 1 unspecified atom stereocenters. The SMILES string of the molecule is Cc1c(C(=O)N2CCCC(C(C)(C)C(=O)O)C2)cnn1C. The number of carboxylic acids is 1. The van der Waals surface area contributed by atoms with Crippen molar-refractivity contribution in [2.24, 2.45) is 18.4 Å². The molecule has 1 aliphatic heterocycles. The Morgan fingerprint density at radius 3 is 2.62 bits per heavy atom. The predicted octanol–water partition coefficient (Wildman–Crippen LogP) is 1.69. The molecule has 0 aliphatic carbocycles. The number of hydrogen-bond acceptors (Lipinski definition) is 3. The number of likely N-dealkylation sites (tertiary alicyclic amines) is 1. The van der Waals surface area contributed by atoms with Gasteiger partial charge in [0.2, 0.25) is 0 Å². The zero-order valence-corrected chi connectivity index (χ0v) is 13.1. The van der Waals surface area contributed by atoms with Crippen molar-refractivity contribution < 1.29 is 14.7 Å². The molecule has 2 rings (SSSR count). The molecule has 21 heavy (non-hydrogen) atoms. The summed E-state index contributed by atoms with van der Waals surface area (Å²) < 4.78 is 1.68. The van der Waals surface area contributed by atoms with Crippen LogP contribution in [0.3, 0.4) is 0 Å². The summed E-state index contributed by atoms with van der Waals surface area (Å²) in [6.45, 7) is 6.52. The molecule has 1 aliphatic rings. The van der Waals surface area contributed by atoms with E-state index in [1.54, 1.807) is 36.7 Å². The Bertz CT molecular complexity index is 563. The Balaban J connectivity index is 2.16. The quantitative estimate of drug-likeness (QED) is 0.920. The first-order valence-corrected chi connectivity index (χ1v) is 7.26. The van der Waals surface area contributed by atoms with Crippen LogP contribution >= 0.6 is 0 Å². The first-order chi connectivity index (χ1) is 9.75. The molecule has 0 spiro atoms. The Morgan fingerprint density at radius 2 is 2.10 bits per heavy atom. The van der Waals surface area contributed by atoms with Crippen molar-refractivity contribution >= 4 is 11.9 Å². The number of carboxylic acid groups (broad SMARTS) is 1. The zero-order chi connectivity index (χ0) is 15.8. The maximum absolute atomic E-state index is 12.6. The summed E-state index contributed by atoms with van der Waals surface area (Å²) in [5.41, 5.74) is 0.619. The standard InChI is InChI=1S/C15H23N3O3/c1-10-12(8-16-17(10)4)13(19)18-7-5-6-11(9-18)15(2,3)14(20)21/h8,11H,5-7,9H2,1-4H3,(H,20,21). The topological polar surface area (TPSA) is 75.4 Å². The highest BCUT2D eigenvalue weighted by atomic mass is 16.4. The molecule has 1 N–H and O–H groups in total. The second kappa shape index (κ2) is 5.50. The monoisotopic (exact) mass is 293 g/mol. The number of carbonyl (C=O) groups is 2. The van der Waals surface area contributed by atoms with Gasteiger partial charge in [0.1, 0.15) is 0 Å². The van der Waals surface area contributed by atoms with Crippen molar-refractivity contribution in [1.82, 2.24) is 14.7 Å². The molecule has 0 saturated carbocycles. The Hall–Kier alpha value is -1.85. The van der Waals surface area contributed by atoms with Crippen molar-refractivity contribution in [3.8, 4) is 0 Å². The van der Waals surface area contributed by atoms with Gasteiger partial charge in [-0.15, -0.1) is 0 Å². The number of aryl methyl sites for hydroxylation is 1. The molecule has 1 saturated heterocycles. The highest BCUT2D eigenvalue weighted by Crippen LogP contribution is 2.34. The molecule has 0 radical (unpaired) electrons. The molecular weight excluding hydrogens is 270 g/mol. The summed E-state index contributed by atoms with van der Waals surface area (Å²) in [6, 6.07) is 0. The molecule has 2 heterocycles. The molecule has 1 aromatic heterocycles. The highest BCUT2D eigenvalue weighted by molar-refractivity contribution is 5.95. The third-order valence-corrected chi connectivity index (χ3v) is 4.75. The molecule has 1 fully saturated rings. The van der Waals surface area contributed by atoms with E-state index in [1.165, 1.54) is 0 Å². The molecular formula is C15H23N3O3. The second-order valence-electron chi connectivity index (χ2n) is 6.38. The van der Waals surface area contributed by atoms with Crippen LogP contribution in [0.15, 0.2) is 6.20 Å². The average Bonchev–Trinajstić information content (AvgIpc) is 2.78. The molecule has 1 atom stereocenters. The molecule has 6 heteroatoms. The van der Waals surface area contributed by atoms with Crippen molar-refractivity contribution in [2.75, 3.05) is 13.1 Å². The van der Waals surface area contributed by atoms with Gasteiger partial charge in [0.25, 0.3) is 5.91 Å². The molecule has 6 nitrogen and oxygen atoms in total. The number of aromatic nitrogens is 2. The number of amides is 1. The third kappa shape index (κ3) is 2.80. The fraction of sp³-hybridized carbons (Fsp3) is 0.667. The van der Waals surface area contributed by atoms with Crippen LogP contribution in [0.5, 0.6) is 0 Å². The van der Waals surface area contributed by atoms with Gasteiger partial charge in [0.15, 0.2) is 0 Å². The van der Waals surface area contributed by atoms with Crippen LogP contribution in [-0.4, -0.2) is 44.8 Å². The van der Waals surface area contributed by atoms with Crippen molar-refractivity contribution in [1.29, 1.82) is 0 Å². The van der Waals surface area contributed by atoms with Crippen LogP contribution in [-0.2, 0) is 11.8 Å². The summed E-state index contributed by atoms with van der Waals surface area (Å²) in [5.74, 6) is -0.879. The molecule has 0 bridgehead atoms. The van der Waals surface area contributed by atoms with Crippen LogP contribution < -0.4 is 0 Å². The van der Waals surface area contributed by atoms with E-state index in [0.717, 1.165) is 18.5 Å². The van der Waals surface area contributed by atoms with Gasteiger partial charge < -0.3 is 10.0 Å². The fourth-order valence-electron chi connectivity index (χ4n) is 2.80. The number of piperidine rings is 1. The van der Waals surface area contributed by atoms with Gasteiger partial charge >= 0.3 is 5.97 Å². The van der Waals surface area contributed by atoms with Gasteiger partial charge in [-0.25, -0.2) is 0 Å². The average molecular weight is 293 g/mol. The van der Waals surface area contributed by atoms with E-state index in [9.17, 15) is 14.7 Å². The van der Waals surface area contributed by atoms with E-state index in [4.69, 9.17) is 0 Å². The fourth-order valence-corrected chi connectivity index (χ4v) is 2.80. The lowest BCUT2D eigenvalue weighted by Crippen LogP contribution is -2.46. The number of hydrogen-bond donors (Lipinski definition) is 1. The lowest BCUT2D eigenvalue weighted by Gasteiger charge is -2.39. The van der Waals surface area contributed by atoms with Gasteiger partial charge in [-0.2, -0.15) is 5.10 Å². The minimum Gasteiger partial charge on any atom is -0.481 e. The summed E-state index contributed by atoms with van der Waals surface area (Å²) in [4.78, 5) is 25.8. The number of carbonyl (C=O) groups excluding carboxylic acids is 1. The summed E-state index contributed by atoms with van der Waals surface area (Å²) in [5, 5.41) is 13.5. The van der Waals surface area contributed by atoms with Crippen molar-refractivity contribution in [2.45, 2.75) is 33.6 Å². The Labute approximate surface area is 124 Å². The van der Waals surface area contributed by atoms with E-state index in [0.29, 0.717) is 18.7 Å². The number of aliphatic carboxylic acids is 1. The van der Waals surface area contributed by atoms with Crippen LogP contribution in [0.4, 0.5) is 0 Å². The maximum Gasteiger partial charge on any atom is 0.309 e. The van der Waals surface area contributed by atoms with Crippen molar-refractivity contribution in [3.63, 3.8) is 0 Å². The Kier molecular flexibility index (Phi) is 4.07. The zero-order valence-electron chi connectivity index (χ0n) is 13.1.